The van der Waals surface area contributed by atoms with Gasteiger partial charge in [0, 0.05) is 18.2 Å². The first-order chi connectivity index (χ1) is 8.41. The molecule has 18 heavy (non-hydrogen) atoms. The monoisotopic (exact) mass is 253 g/mol. The molecule has 0 spiro atoms. The van der Waals surface area contributed by atoms with Crippen LogP contribution in [0.15, 0.2) is 6.07 Å². The molecule has 0 fully saturated rings. The summed E-state index contributed by atoms with van der Waals surface area (Å²) in [6.45, 7) is 8.33. The van der Waals surface area contributed by atoms with Gasteiger partial charge in [-0.05, 0) is 42.4 Å². The number of benzene rings is 1. The molecule has 0 radical (unpaired) electrons. The third-order valence-corrected chi connectivity index (χ3v) is 3.86. The first kappa shape index (κ1) is 13.5. The maximum Gasteiger partial charge on any atom is 0.131 e. The van der Waals surface area contributed by atoms with Crippen molar-refractivity contribution in [2.75, 3.05) is 0 Å². The molecule has 3 heteroatoms. The first-order valence-electron chi connectivity index (χ1n) is 6.62. The molecule has 0 bridgehead atoms. The summed E-state index contributed by atoms with van der Waals surface area (Å²) in [6, 6.07) is 1.55. The molecule has 2 unspecified atom stereocenters. The molecule has 0 aromatic heterocycles. The van der Waals surface area contributed by atoms with Crippen LogP contribution in [-0.4, -0.2) is 6.04 Å². The highest BCUT2D eigenvalue weighted by molar-refractivity contribution is 5.39. The van der Waals surface area contributed by atoms with Gasteiger partial charge in [0.25, 0.3) is 0 Å². The third kappa shape index (κ3) is 2.28. The zero-order chi connectivity index (χ0) is 13.4. The molecule has 1 aromatic rings. The van der Waals surface area contributed by atoms with E-state index < -0.39 is 0 Å². The lowest BCUT2D eigenvalue weighted by Crippen LogP contribution is -2.40. The van der Waals surface area contributed by atoms with Crippen LogP contribution < -0.4 is 5.32 Å². The molecule has 2 atom stereocenters. The average Bonchev–Trinajstić information content (AvgIpc) is 2.28. The topological polar surface area (TPSA) is 12.0 Å². The fraction of sp³-hybridized carbons (Fsp3) is 0.600. The molecule has 0 amide bonds. The van der Waals surface area contributed by atoms with E-state index in [9.17, 15) is 8.78 Å². The maximum absolute atomic E-state index is 14.1. The molecular formula is C15H21F2N. The van der Waals surface area contributed by atoms with E-state index in [0.717, 1.165) is 6.42 Å². The lowest BCUT2D eigenvalue weighted by atomic mass is 9.81. The minimum Gasteiger partial charge on any atom is -0.309 e. The van der Waals surface area contributed by atoms with Crippen LogP contribution in [0.1, 0.15) is 49.8 Å². The predicted molar refractivity (Wildman–Crippen MR) is 69.6 cm³/mol. The lowest BCUT2D eigenvalue weighted by molar-refractivity contribution is 0.341. The van der Waals surface area contributed by atoms with E-state index in [4.69, 9.17) is 0 Å². The van der Waals surface area contributed by atoms with Crippen molar-refractivity contribution in [3.63, 3.8) is 0 Å². The van der Waals surface area contributed by atoms with Gasteiger partial charge in [-0.15, -0.1) is 0 Å². The van der Waals surface area contributed by atoms with Gasteiger partial charge in [-0.2, -0.15) is 0 Å². The maximum atomic E-state index is 14.1. The van der Waals surface area contributed by atoms with Crippen LogP contribution in [0.5, 0.6) is 0 Å². The average molecular weight is 253 g/mol. The quantitative estimate of drug-likeness (QED) is 0.843. The highest BCUT2D eigenvalue weighted by atomic mass is 19.1. The van der Waals surface area contributed by atoms with Crippen molar-refractivity contribution >= 4 is 0 Å². The number of fused-ring (bicyclic) bond motifs is 1. The zero-order valence-electron chi connectivity index (χ0n) is 11.5. The van der Waals surface area contributed by atoms with Gasteiger partial charge in [-0.25, -0.2) is 8.78 Å². The van der Waals surface area contributed by atoms with E-state index >= 15 is 0 Å². The lowest BCUT2D eigenvalue weighted by Gasteiger charge is -2.34. The van der Waals surface area contributed by atoms with Crippen LogP contribution in [0.25, 0.3) is 0 Å². The van der Waals surface area contributed by atoms with Gasteiger partial charge in [0.15, 0.2) is 0 Å². The molecule has 1 nitrogen and oxygen atoms in total. The van der Waals surface area contributed by atoms with Gasteiger partial charge in [-0.3, -0.25) is 0 Å². The molecule has 1 N–H and O–H groups in total. The summed E-state index contributed by atoms with van der Waals surface area (Å²) in [4.78, 5) is 0. The van der Waals surface area contributed by atoms with Crippen molar-refractivity contribution in [2.45, 2.75) is 52.6 Å². The summed E-state index contributed by atoms with van der Waals surface area (Å²) in [5, 5.41) is 3.34. The number of hydrogen-bond acceptors (Lipinski definition) is 1. The molecule has 0 aliphatic carbocycles. The van der Waals surface area contributed by atoms with Gasteiger partial charge in [0.1, 0.15) is 11.6 Å². The Morgan fingerprint density at radius 1 is 1.39 bits per heavy atom. The summed E-state index contributed by atoms with van der Waals surface area (Å²) >= 11 is 0. The van der Waals surface area contributed by atoms with Crippen LogP contribution in [0.3, 0.4) is 0 Å². The van der Waals surface area contributed by atoms with Crippen LogP contribution >= 0.6 is 0 Å². The van der Waals surface area contributed by atoms with Crippen molar-refractivity contribution in [3.05, 3.63) is 34.4 Å². The molecule has 1 aromatic carbocycles. The summed E-state index contributed by atoms with van der Waals surface area (Å²) in [7, 11) is 0. The van der Waals surface area contributed by atoms with E-state index in [2.05, 4.69) is 19.2 Å². The Hall–Kier alpha value is -0.960. The third-order valence-electron chi connectivity index (χ3n) is 3.86. The minimum atomic E-state index is -0.258. The van der Waals surface area contributed by atoms with Crippen molar-refractivity contribution in [3.8, 4) is 0 Å². The fourth-order valence-electron chi connectivity index (χ4n) is 2.90. The van der Waals surface area contributed by atoms with Crippen molar-refractivity contribution in [2.24, 2.45) is 5.92 Å². The summed E-state index contributed by atoms with van der Waals surface area (Å²) in [6.07, 6.45) is 0.982. The van der Waals surface area contributed by atoms with Crippen LogP contribution in [0.4, 0.5) is 8.78 Å². The van der Waals surface area contributed by atoms with Gasteiger partial charge in [0.05, 0.1) is 0 Å². The van der Waals surface area contributed by atoms with E-state index in [1.807, 2.05) is 6.92 Å². The second-order valence-electron chi connectivity index (χ2n) is 5.79. The van der Waals surface area contributed by atoms with E-state index in [1.165, 1.54) is 6.07 Å². The molecular weight excluding hydrogens is 232 g/mol. The second kappa shape index (κ2) is 4.96. The number of rotatable bonds is 2. The minimum absolute atomic E-state index is 0.0197. The van der Waals surface area contributed by atoms with E-state index in [0.29, 0.717) is 29.2 Å². The van der Waals surface area contributed by atoms with Crippen molar-refractivity contribution in [1.82, 2.24) is 5.32 Å². The van der Waals surface area contributed by atoms with Gasteiger partial charge in [-0.1, -0.05) is 20.8 Å². The molecule has 2 rings (SSSR count). The van der Waals surface area contributed by atoms with Gasteiger partial charge in [0.2, 0.25) is 0 Å². The summed E-state index contributed by atoms with van der Waals surface area (Å²) in [5.74, 6) is 0.0523. The highest BCUT2D eigenvalue weighted by Crippen LogP contribution is 2.34. The second-order valence-corrected chi connectivity index (χ2v) is 5.79. The Bertz CT molecular complexity index is 454. The smallest absolute Gasteiger partial charge is 0.131 e. The first-order valence-corrected chi connectivity index (χ1v) is 6.62. The van der Waals surface area contributed by atoms with Gasteiger partial charge >= 0.3 is 0 Å². The van der Waals surface area contributed by atoms with Crippen molar-refractivity contribution < 1.29 is 8.78 Å². The van der Waals surface area contributed by atoms with E-state index in [-0.39, 0.29) is 23.6 Å². The Kier molecular flexibility index (Phi) is 3.71. The fourth-order valence-corrected chi connectivity index (χ4v) is 2.90. The number of halogens is 2. The SMILES string of the molecule is Cc1cc(F)c2c(c1F)CNC(CC(C)C)C2C. The summed E-state index contributed by atoms with van der Waals surface area (Å²) in [5.41, 5.74) is 1.48. The standard InChI is InChI=1S/C15H21F2N/c1-8(2)5-13-10(4)14-11(7-18-13)15(17)9(3)6-12(14)16/h6,8,10,13,18H,5,7H2,1-4H3. The Balaban J connectivity index is 2.40. The van der Waals surface area contributed by atoms with Crippen molar-refractivity contribution in [1.29, 1.82) is 0 Å². The zero-order valence-corrected chi connectivity index (χ0v) is 11.5. The van der Waals surface area contributed by atoms with Crippen LogP contribution in [0, 0.1) is 24.5 Å². The molecule has 100 valence electrons. The summed E-state index contributed by atoms with van der Waals surface area (Å²) < 4.78 is 28.1. The molecule has 0 saturated heterocycles. The number of hydrogen-bond donors (Lipinski definition) is 1. The largest absolute Gasteiger partial charge is 0.309 e. The van der Waals surface area contributed by atoms with Gasteiger partial charge < -0.3 is 5.32 Å². The number of aryl methyl sites for hydroxylation is 1. The predicted octanol–water partition coefficient (Wildman–Crippen LogP) is 3.89. The highest BCUT2D eigenvalue weighted by Gasteiger charge is 2.31. The van der Waals surface area contributed by atoms with Crippen LogP contribution in [0.2, 0.25) is 0 Å². The molecule has 0 saturated carbocycles. The Morgan fingerprint density at radius 2 is 2.06 bits per heavy atom. The molecule has 1 heterocycles. The molecule has 1 aliphatic heterocycles. The number of nitrogens with one attached hydrogen (secondary N) is 1. The normalized spacial score (nSPS) is 23.3. The Labute approximate surface area is 108 Å². The van der Waals surface area contributed by atoms with Crippen LogP contribution in [-0.2, 0) is 6.54 Å². The Morgan fingerprint density at radius 3 is 2.67 bits per heavy atom. The van der Waals surface area contributed by atoms with E-state index in [1.54, 1.807) is 6.92 Å². The molecule has 1 aliphatic rings.